The van der Waals surface area contributed by atoms with Crippen molar-refractivity contribution in [1.82, 2.24) is 5.32 Å². The number of carboxylic acids is 1. The fourth-order valence-electron chi connectivity index (χ4n) is 2.75. The quantitative estimate of drug-likeness (QED) is 0.747. The number of rotatable bonds is 7. The lowest BCUT2D eigenvalue weighted by molar-refractivity contribution is -0.137. The Morgan fingerprint density at radius 1 is 1.25 bits per heavy atom. The first-order chi connectivity index (χ1) is 11.5. The molecule has 1 aromatic rings. The van der Waals surface area contributed by atoms with Crippen molar-refractivity contribution >= 4 is 23.5 Å². The van der Waals surface area contributed by atoms with E-state index in [0.717, 1.165) is 0 Å². The number of unbranched alkanes of at least 4 members (excludes halogenated alkanes) is 1. The third-order valence-electron chi connectivity index (χ3n) is 3.96. The van der Waals surface area contributed by atoms with Crippen LogP contribution in [0, 0.1) is 5.82 Å². The van der Waals surface area contributed by atoms with Gasteiger partial charge in [0.25, 0.3) is 0 Å². The van der Waals surface area contributed by atoms with Crippen molar-refractivity contribution in [3.8, 4) is 0 Å². The molecule has 6 nitrogen and oxygen atoms in total. The summed E-state index contributed by atoms with van der Waals surface area (Å²) in [4.78, 5) is 36.2. The number of amides is 2. The Hall–Kier alpha value is -2.44. The van der Waals surface area contributed by atoms with Crippen molar-refractivity contribution in [2.45, 2.75) is 44.6 Å². The molecule has 1 heterocycles. The maximum atomic E-state index is 13.9. The maximum absolute atomic E-state index is 13.9. The highest BCUT2D eigenvalue weighted by Crippen LogP contribution is 2.24. The first-order valence-corrected chi connectivity index (χ1v) is 8.06. The van der Waals surface area contributed by atoms with Gasteiger partial charge in [-0.25, -0.2) is 4.39 Å². The molecule has 0 aliphatic carbocycles. The van der Waals surface area contributed by atoms with Crippen LogP contribution in [0.3, 0.4) is 0 Å². The van der Waals surface area contributed by atoms with E-state index in [9.17, 15) is 18.8 Å². The molecule has 7 heteroatoms. The van der Waals surface area contributed by atoms with Crippen LogP contribution in [0.2, 0.25) is 0 Å². The summed E-state index contributed by atoms with van der Waals surface area (Å²) in [6.07, 6.45) is 2.26. The number of hydrogen-bond donors (Lipinski definition) is 2. The highest BCUT2D eigenvalue weighted by Gasteiger charge is 2.31. The summed E-state index contributed by atoms with van der Waals surface area (Å²) in [7, 11) is 0. The number of hydrogen-bond acceptors (Lipinski definition) is 3. The van der Waals surface area contributed by atoms with Crippen LogP contribution >= 0.6 is 0 Å². The number of carbonyl (C=O) groups is 3. The molecule has 0 radical (unpaired) electrons. The number of piperidine rings is 1. The molecular weight excluding hydrogens is 315 g/mol. The minimum absolute atomic E-state index is 0.0245. The number of carboxylic acid groups (broad SMARTS) is 1. The molecule has 0 saturated carbocycles. The van der Waals surface area contributed by atoms with Crippen molar-refractivity contribution in [2.24, 2.45) is 0 Å². The molecule has 2 N–H and O–H groups in total. The number of aliphatic carboxylic acids is 1. The monoisotopic (exact) mass is 336 g/mol. The highest BCUT2D eigenvalue weighted by atomic mass is 19.1. The van der Waals surface area contributed by atoms with Crippen LogP contribution in [0.1, 0.15) is 38.5 Å². The Bertz CT molecular complexity index is 620. The summed E-state index contributed by atoms with van der Waals surface area (Å²) in [6.45, 7) is 0.421. The van der Waals surface area contributed by atoms with Gasteiger partial charge in [-0.15, -0.1) is 0 Å². The van der Waals surface area contributed by atoms with Crippen molar-refractivity contribution in [1.29, 1.82) is 0 Å². The number of para-hydroxylation sites is 1. The van der Waals surface area contributed by atoms with Gasteiger partial charge in [0.05, 0.1) is 5.69 Å². The van der Waals surface area contributed by atoms with Gasteiger partial charge in [0.1, 0.15) is 11.9 Å². The predicted molar refractivity (Wildman–Crippen MR) is 86.0 cm³/mol. The van der Waals surface area contributed by atoms with Crippen molar-refractivity contribution in [2.75, 3.05) is 11.4 Å². The van der Waals surface area contributed by atoms with E-state index in [4.69, 9.17) is 5.11 Å². The standard InChI is InChI=1S/C17H21FN2O4/c18-12-6-1-2-8-14(12)20-11-5-7-13(17(20)24)19-15(21)9-3-4-10-16(22)23/h1-2,6,8,13H,3-5,7,9-11H2,(H,19,21)(H,22,23). The Morgan fingerprint density at radius 2 is 1.96 bits per heavy atom. The molecule has 2 rings (SSSR count). The fraction of sp³-hybridized carbons (Fsp3) is 0.471. The van der Waals surface area contributed by atoms with Crippen molar-refractivity contribution < 1.29 is 23.9 Å². The first-order valence-electron chi connectivity index (χ1n) is 8.06. The number of benzene rings is 1. The molecule has 0 aromatic heterocycles. The van der Waals surface area contributed by atoms with Crippen molar-refractivity contribution in [3.63, 3.8) is 0 Å². The summed E-state index contributed by atoms with van der Waals surface area (Å²) < 4.78 is 13.9. The average Bonchev–Trinajstić information content (AvgIpc) is 2.54. The van der Waals surface area contributed by atoms with Crippen LogP contribution in [-0.4, -0.2) is 35.5 Å². The number of halogens is 1. The molecule has 1 aliphatic rings. The Balaban J connectivity index is 1.89. The summed E-state index contributed by atoms with van der Waals surface area (Å²) in [5, 5.41) is 11.2. The molecule has 1 saturated heterocycles. The second kappa shape index (κ2) is 8.42. The summed E-state index contributed by atoms with van der Waals surface area (Å²) in [5.41, 5.74) is 0.225. The molecule has 24 heavy (non-hydrogen) atoms. The van der Waals surface area contributed by atoms with Crippen LogP contribution in [-0.2, 0) is 14.4 Å². The van der Waals surface area contributed by atoms with Gasteiger partial charge in [0, 0.05) is 19.4 Å². The minimum Gasteiger partial charge on any atom is -0.481 e. The molecule has 1 fully saturated rings. The smallest absolute Gasteiger partial charge is 0.303 e. The highest BCUT2D eigenvalue weighted by molar-refractivity contribution is 5.99. The van der Waals surface area contributed by atoms with Crippen molar-refractivity contribution in [3.05, 3.63) is 30.1 Å². The van der Waals surface area contributed by atoms with Crippen LogP contribution in [0.15, 0.2) is 24.3 Å². The van der Waals surface area contributed by atoms with Gasteiger partial charge in [-0.05, 0) is 37.8 Å². The van der Waals surface area contributed by atoms with Crippen LogP contribution in [0.5, 0.6) is 0 Å². The average molecular weight is 336 g/mol. The zero-order valence-corrected chi connectivity index (χ0v) is 13.3. The zero-order chi connectivity index (χ0) is 17.5. The zero-order valence-electron chi connectivity index (χ0n) is 13.3. The van der Waals surface area contributed by atoms with Gasteiger partial charge >= 0.3 is 5.97 Å². The Kier molecular flexibility index (Phi) is 6.28. The number of nitrogens with one attached hydrogen (secondary N) is 1. The molecule has 0 spiro atoms. The van der Waals surface area contributed by atoms with Gasteiger partial charge in [-0.3, -0.25) is 14.4 Å². The van der Waals surface area contributed by atoms with Gasteiger partial charge in [-0.2, -0.15) is 0 Å². The maximum Gasteiger partial charge on any atom is 0.303 e. The molecule has 130 valence electrons. The Labute approximate surface area is 139 Å². The molecular formula is C17H21FN2O4. The Morgan fingerprint density at radius 3 is 2.67 bits per heavy atom. The fourth-order valence-corrected chi connectivity index (χ4v) is 2.75. The van der Waals surface area contributed by atoms with E-state index in [1.807, 2.05) is 0 Å². The van der Waals surface area contributed by atoms with E-state index in [0.29, 0.717) is 32.2 Å². The predicted octanol–water partition coefficient (Wildman–Crippen LogP) is 2.08. The SMILES string of the molecule is O=C(O)CCCCC(=O)NC1CCCN(c2ccccc2F)C1=O. The second-order valence-corrected chi connectivity index (χ2v) is 5.80. The van der Waals surface area contributed by atoms with E-state index in [1.54, 1.807) is 18.2 Å². The van der Waals surface area contributed by atoms with Crippen LogP contribution in [0.25, 0.3) is 0 Å². The van der Waals surface area contributed by atoms with E-state index in [-0.39, 0.29) is 30.3 Å². The van der Waals surface area contributed by atoms with Gasteiger partial charge in [0.15, 0.2) is 0 Å². The molecule has 1 atom stereocenters. The third kappa shape index (κ3) is 4.78. The number of anilines is 1. The van der Waals surface area contributed by atoms with E-state index in [2.05, 4.69) is 5.32 Å². The normalized spacial score (nSPS) is 17.6. The third-order valence-corrected chi connectivity index (χ3v) is 3.96. The summed E-state index contributed by atoms with van der Waals surface area (Å²) in [5.74, 6) is -1.95. The van der Waals surface area contributed by atoms with Gasteiger partial charge in [0.2, 0.25) is 11.8 Å². The van der Waals surface area contributed by atoms with Crippen LogP contribution in [0.4, 0.5) is 10.1 Å². The second-order valence-electron chi connectivity index (χ2n) is 5.80. The molecule has 2 amide bonds. The van der Waals surface area contributed by atoms with E-state index < -0.39 is 17.8 Å². The molecule has 1 aliphatic heterocycles. The summed E-state index contributed by atoms with van der Waals surface area (Å²) in [6, 6.07) is 5.40. The van der Waals surface area contributed by atoms with Crippen LogP contribution < -0.4 is 10.2 Å². The summed E-state index contributed by atoms with van der Waals surface area (Å²) >= 11 is 0. The topological polar surface area (TPSA) is 86.7 Å². The lowest BCUT2D eigenvalue weighted by Gasteiger charge is -2.32. The lowest BCUT2D eigenvalue weighted by atomic mass is 10.0. The molecule has 0 bridgehead atoms. The first kappa shape index (κ1) is 17.9. The number of carbonyl (C=O) groups excluding carboxylic acids is 2. The lowest BCUT2D eigenvalue weighted by Crippen LogP contribution is -2.52. The molecule has 1 unspecified atom stereocenters. The molecule has 1 aromatic carbocycles. The minimum atomic E-state index is -0.890. The van der Waals surface area contributed by atoms with Gasteiger partial charge < -0.3 is 15.3 Å². The van der Waals surface area contributed by atoms with E-state index >= 15 is 0 Å². The van der Waals surface area contributed by atoms with Gasteiger partial charge in [-0.1, -0.05) is 12.1 Å². The van der Waals surface area contributed by atoms with E-state index in [1.165, 1.54) is 11.0 Å². The number of nitrogens with zero attached hydrogens (tertiary/aromatic N) is 1. The largest absolute Gasteiger partial charge is 0.481 e.